The molecule has 21 heavy (non-hydrogen) atoms. The molecule has 0 aromatic heterocycles. The molecule has 4 heteroatoms. The third-order valence-electron chi connectivity index (χ3n) is 3.72. The Bertz CT molecular complexity index is 425. The lowest BCUT2D eigenvalue weighted by molar-refractivity contribution is -0.129. The van der Waals surface area contributed by atoms with E-state index in [0.717, 1.165) is 18.7 Å². The molecule has 0 fully saturated rings. The van der Waals surface area contributed by atoms with E-state index in [0.29, 0.717) is 12.5 Å². The van der Waals surface area contributed by atoms with E-state index in [1.807, 2.05) is 38.1 Å². The summed E-state index contributed by atoms with van der Waals surface area (Å²) in [4.78, 5) is 13.6. The Kier molecular flexibility index (Phi) is 7.40. The van der Waals surface area contributed by atoms with Gasteiger partial charge in [-0.25, -0.2) is 0 Å². The van der Waals surface area contributed by atoms with E-state index in [1.54, 1.807) is 4.90 Å². The number of carbonyl (C=O) groups is 1. The van der Waals surface area contributed by atoms with Crippen molar-refractivity contribution in [1.29, 1.82) is 0 Å². The van der Waals surface area contributed by atoms with Crippen LogP contribution in [-0.4, -0.2) is 42.1 Å². The Morgan fingerprint density at radius 3 is 2.14 bits per heavy atom. The minimum atomic E-state index is -0.587. The van der Waals surface area contributed by atoms with Crippen LogP contribution in [-0.2, 0) is 4.79 Å². The number of nitrogens with one attached hydrogen (secondary N) is 1. The number of hydrogen-bond donors (Lipinski definition) is 2. The average Bonchev–Trinajstić information content (AvgIpc) is 2.48. The molecule has 118 valence electrons. The van der Waals surface area contributed by atoms with Crippen molar-refractivity contribution < 1.29 is 9.90 Å². The molecule has 0 radical (unpaired) electrons. The van der Waals surface area contributed by atoms with Gasteiger partial charge in [-0.15, -0.1) is 0 Å². The highest BCUT2D eigenvalue weighted by molar-refractivity contribution is 5.78. The highest BCUT2D eigenvalue weighted by Crippen LogP contribution is 2.18. The summed E-state index contributed by atoms with van der Waals surface area (Å²) in [6.07, 6.45) is -0.587. The highest BCUT2D eigenvalue weighted by atomic mass is 16.3. The molecule has 1 amide bonds. The molecule has 0 bridgehead atoms. The first-order valence-corrected chi connectivity index (χ1v) is 7.75. The number of rotatable bonds is 8. The summed E-state index contributed by atoms with van der Waals surface area (Å²) in [5, 5.41) is 13.2. The minimum Gasteiger partial charge on any atom is -0.387 e. The van der Waals surface area contributed by atoms with E-state index in [9.17, 15) is 9.90 Å². The molecule has 1 rings (SSSR count). The second-order valence-corrected chi connectivity index (χ2v) is 5.53. The van der Waals surface area contributed by atoms with Crippen LogP contribution in [0.15, 0.2) is 24.3 Å². The Morgan fingerprint density at radius 2 is 1.67 bits per heavy atom. The summed E-state index contributed by atoms with van der Waals surface area (Å²) in [5.74, 6) is 0.559. The maximum atomic E-state index is 11.8. The van der Waals surface area contributed by atoms with E-state index in [4.69, 9.17) is 0 Å². The SMILES string of the molecule is CCN(CC)C(=O)CNCC(O)c1ccc(C(C)C)cc1. The van der Waals surface area contributed by atoms with Gasteiger partial charge in [0.05, 0.1) is 12.6 Å². The van der Waals surface area contributed by atoms with Crippen LogP contribution in [0.2, 0.25) is 0 Å². The predicted octanol–water partition coefficient (Wildman–Crippen LogP) is 2.30. The van der Waals surface area contributed by atoms with Crippen LogP contribution in [0.4, 0.5) is 0 Å². The third-order valence-corrected chi connectivity index (χ3v) is 3.72. The lowest BCUT2D eigenvalue weighted by Gasteiger charge is -2.19. The predicted molar refractivity (Wildman–Crippen MR) is 86.3 cm³/mol. The molecule has 0 aliphatic rings. The molecule has 0 spiro atoms. The number of aliphatic hydroxyl groups is 1. The van der Waals surface area contributed by atoms with Crippen molar-refractivity contribution >= 4 is 5.91 Å². The first-order chi connectivity index (χ1) is 9.99. The molecule has 0 saturated carbocycles. The first kappa shape index (κ1) is 17.7. The van der Waals surface area contributed by atoms with E-state index in [2.05, 4.69) is 19.2 Å². The number of carbonyl (C=O) groups excluding carboxylic acids is 1. The fourth-order valence-corrected chi connectivity index (χ4v) is 2.22. The summed E-state index contributed by atoms with van der Waals surface area (Å²) >= 11 is 0. The average molecular weight is 292 g/mol. The smallest absolute Gasteiger partial charge is 0.236 e. The van der Waals surface area contributed by atoms with Crippen molar-refractivity contribution in [3.63, 3.8) is 0 Å². The highest BCUT2D eigenvalue weighted by Gasteiger charge is 2.11. The first-order valence-electron chi connectivity index (χ1n) is 7.75. The molecular weight excluding hydrogens is 264 g/mol. The third kappa shape index (κ3) is 5.48. The molecule has 2 N–H and O–H groups in total. The fraction of sp³-hybridized carbons (Fsp3) is 0.588. The molecule has 0 saturated heterocycles. The Balaban J connectivity index is 2.43. The lowest BCUT2D eigenvalue weighted by atomic mass is 10.00. The standard InChI is InChI=1S/C17H28N2O2/c1-5-19(6-2)17(21)12-18-11-16(20)15-9-7-14(8-10-15)13(3)4/h7-10,13,16,18,20H,5-6,11-12H2,1-4H3. The van der Waals surface area contributed by atoms with Gasteiger partial charge >= 0.3 is 0 Å². The van der Waals surface area contributed by atoms with Crippen LogP contribution < -0.4 is 5.32 Å². The maximum Gasteiger partial charge on any atom is 0.236 e. The van der Waals surface area contributed by atoms with Crippen molar-refractivity contribution in [2.75, 3.05) is 26.2 Å². The summed E-state index contributed by atoms with van der Waals surface area (Å²) in [5.41, 5.74) is 2.14. The molecule has 1 aromatic rings. The number of likely N-dealkylation sites (N-methyl/N-ethyl adjacent to an activating group) is 1. The van der Waals surface area contributed by atoms with Gasteiger partial charge in [0.25, 0.3) is 0 Å². The zero-order chi connectivity index (χ0) is 15.8. The molecule has 4 nitrogen and oxygen atoms in total. The molecule has 1 aromatic carbocycles. The van der Waals surface area contributed by atoms with Crippen molar-refractivity contribution in [1.82, 2.24) is 10.2 Å². The largest absolute Gasteiger partial charge is 0.387 e. The number of nitrogens with zero attached hydrogens (tertiary/aromatic N) is 1. The van der Waals surface area contributed by atoms with Gasteiger partial charge in [-0.2, -0.15) is 0 Å². The van der Waals surface area contributed by atoms with Crippen molar-refractivity contribution in [2.24, 2.45) is 0 Å². The zero-order valence-corrected chi connectivity index (χ0v) is 13.6. The van der Waals surface area contributed by atoms with E-state index >= 15 is 0 Å². The van der Waals surface area contributed by atoms with Gasteiger partial charge in [0.15, 0.2) is 0 Å². The Hall–Kier alpha value is -1.39. The second-order valence-electron chi connectivity index (χ2n) is 5.53. The van der Waals surface area contributed by atoms with E-state index in [-0.39, 0.29) is 12.5 Å². The van der Waals surface area contributed by atoms with Crippen LogP contribution in [0.3, 0.4) is 0 Å². The number of benzene rings is 1. The Labute approximate surface area is 128 Å². The monoisotopic (exact) mass is 292 g/mol. The molecule has 0 aliphatic carbocycles. The van der Waals surface area contributed by atoms with Gasteiger partial charge in [-0.05, 0) is 30.9 Å². The van der Waals surface area contributed by atoms with Crippen molar-refractivity contribution in [2.45, 2.75) is 39.7 Å². The molecule has 0 aliphatic heterocycles. The second kappa shape index (κ2) is 8.80. The van der Waals surface area contributed by atoms with Gasteiger partial charge in [0.1, 0.15) is 0 Å². The number of amides is 1. The molecule has 0 heterocycles. The van der Waals surface area contributed by atoms with Crippen molar-refractivity contribution in [3.05, 3.63) is 35.4 Å². The molecule has 1 atom stereocenters. The normalized spacial score (nSPS) is 12.5. The van der Waals surface area contributed by atoms with Crippen LogP contribution in [0.25, 0.3) is 0 Å². The summed E-state index contributed by atoms with van der Waals surface area (Å²) in [6.45, 7) is 10.3. The fourth-order valence-electron chi connectivity index (χ4n) is 2.22. The summed E-state index contributed by atoms with van der Waals surface area (Å²) in [7, 11) is 0. The quantitative estimate of drug-likeness (QED) is 0.773. The Morgan fingerprint density at radius 1 is 1.14 bits per heavy atom. The topological polar surface area (TPSA) is 52.6 Å². The van der Waals surface area contributed by atoms with Crippen LogP contribution in [0.1, 0.15) is 50.8 Å². The van der Waals surface area contributed by atoms with Gasteiger partial charge in [0.2, 0.25) is 5.91 Å². The van der Waals surface area contributed by atoms with Crippen LogP contribution in [0.5, 0.6) is 0 Å². The van der Waals surface area contributed by atoms with Gasteiger partial charge < -0.3 is 15.3 Å². The minimum absolute atomic E-state index is 0.0716. The van der Waals surface area contributed by atoms with Crippen molar-refractivity contribution in [3.8, 4) is 0 Å². The summed E-state index contributed by atoms with van der Waals surface area (Å²) in [6, 6.07) is 8.00. The molecular formula is C17H28N2O2. The van der Waals surface area contributed by atoms with Gasteiger partial charge in [-0.1, -0.05) is 38.1 Å². The lowest BCUT2D eigenvalue weighted by Crippen LogP contribution is -2.39. The number of hydrogen-bond acceptors (Lipinski definition) is 3. The zero-order valence-electron chi connectivity index (χ0n) is 13.6. The van der Waals surface area contributed by atoms with Gasteiger partial charge in [-0.3, -0.25) is 4.79 Å². The van der Waals surface area contributed by atoms with Crippen LogP contribution in [0, 0.1) is 0 Å². The summed E-state index contributed by atoms with van der Waals surface area (Å²) < 4.78 is 0. The van der Waals surface area contributed by atoms with E-state index in [1.165, 1.54) is 5.56 Å². The van der Waals surface area contributed by atoms with Crippen LogP contribution >= 0.6 is 0 Å². The maximum absolute atomic E-state index is 11.8. The molecule has 1 unspecified atom stereocenters. The number of aliphatic hydroxyl groups excluding tert-OH is 1. The van der Waals surface area contributed by atoms with E-state index < -0.39 is 6.10 Å². The van der Waals surface area contributed by atoms with Gasteiger partial charge in [0, 0.05) is 19.6 Å².